The van der Waals surface area contributed by atoms with Crippen LogP contribution in [0, 0.1) is 0 Å². The highest BCUT2D eigenvalue weighted by Gasteiger charge is 2.25. The van der Waals surface area contributed by atoms with Crippen molar-refractivity contribution in [1.82, 2.24) is 0 Å². The molecule has 1 heterocycles. The van der Waals surface area contributed by atoms with Gasteiger partial charge in [0.15, 0.2) is 5.78 Å². The van der Waals surface area contributed by atoms with Crippen LogP contribution in [0.3, 0.4) is 0 Å². The number of hydrogen-bond acceptors (Lipinski definition) is 4. The fraction of sp³-hybridized carbons (Fsp3) is 0.200. The van der Waals surface area contributed by atoms with Crippen molar-refractivity contribution in [1.29, 1.82) is 0 Å². The summed E-state index contributed by atoms with van der Waals surface area (Å²) in [6.45, 7) is 0. The number of benzene rings is 1. The fourth-order valence-corrected chi connectivity index (χ4v) is 1.88. The minimum Gasteiger partial charge on any atom is -0.472 e. The Morgan fingerprint density at radius 3 is 2.53 bits per heavy atom. The van der Waals surface area contributed by atoms with Gasteiger partial charge in [0.1, 0.15) is 0 Å². The third-order valence-corrected chi connectivity index (χ3v) is 2.92. The second kappa shape index (κ2) is 6.00. The zero-order chi connectivity index (χ0) is 13.7. The quantitative estimate of drug-likeness (QED) is 0.611. The van der Waals surface area contributed by atoms with Gasteiger partial charge in [-0.15, -0.1) is 0 Å². The zero-order valence-electron chi connectivity index (χ0n) is 10.5. The third-order valence-electron chi connectivity index (χ3n) is 2.92. The number of methoxy groups -OCH3 is 1. The van der Waals surface area contributed by atoms with Gasteiger partial charge in [-0.2, -0.15) is 0 Å². The summed E-state index contributed by atoms with van der Waals surface area (Å²) in [6, 6.07) is 10.5. The second-order valence-electron chi connectivity index (χ2n) is 4.13. The van der Waals surface area contributed by atoms with Gasteiger partial charge in [-0.05, 0) is 6.07 Å². The summed E-state index contributed by atoms with van der Waals surface area (Å²) in [6.07, 6.45) is 2.99. The van der Waals surface area contributed by atoms with E-state index in [9.17, 15) is 9.59 Å². The van der Waals surface area contributed by atoms with Gasteiger partial charge in [0.05, 0.1) is 25.6 Å². The number of ether oxygens (including phenoxy) is 1. The van der Waals surface area contributed by atoms with Crippen molar-refractivity contribution >= 4 is 11.8 Å². The van der Waals surface area contributed by atoms with Gasteiger partial charge in [-0.1, -0.05) is 30.3 Å². The summed E-state index contributed by atoms with van der Waals surface area (Å²) in [7, 11) is 1.31. The van der Waals surface area contributed by atoms with Crippen LogP contribution in [0.4, 0.5) is 0 Å². The molecule has 19 heavy (non-hydrogen) atoms. The van der Waals surface area contributed by atoms with Crippen LogP contribution in [0.1, 0.15) is 28.3 Å². The van der Waals surface area contributed by atoms with Gasteiger partial charge in [0.2, 0.25) is 0 Å². The van der Waals surface area contributed by atoms with E-state index in [1.54, 1.807) is 30.3 Å². The fourth-order valence-electron chi connectivity index (χ4n) is 1.88. The highest BCUT2D eigenvalue weighted by atomic mass is 16.5. The summed E-state index contributed by atoms with van der Waals surface area (Å²) in [5.74, 6) is -1.17. The van der Waals surface area contributed by atoms with E-state index in [1.807, 2.05) is 6.07 Å². The molecule has 1 atom stereocenters. The summed E-state index contributed by atoms with van der Waals surface area (Å²) < 4.78 is 9.70. The molecule has 1 aromatic carbocycles. The molecule has 2 rings (SSSR count). The monoisotopic (exact) mass is 258 g/mol. The first-order valence-corrected chi connectivity index (χ1v) is 5.90. The average Bonchev–Trinajstić information content (AvgIpc) is 2.98. The first-order valence-electron chi connectivity index (χ1n) is 5.90. The van der Waals surface area contributed by atoms with Gasteiger partial charge in [0.25, 0.3) is 0 Å². The standard InChI is InChI=1S/C15H14O4/c1-18-15(17)13(12-7-8-19-10-12)9-14(16)11-5-3-2-4-6-11/h2-8,10,13H,9H2,1H3/t13-/m1/s1. The van der Waals surface area contributed by atoms with Gasteiger partial charge < -0.3 is 9.15 Å². The Morgan fingerprint density at radius 2 is 1.95 bits per heavy atom. The number of ketones is 1. The molecule has 0 aliphatic carbocycles. The molecule has 0 saturated heterocycles. The van der Waals surface area contributed by atoms with Crippen molar-refractivity contribution < 1.29 is 18.7 Å². The minimum absolute atomic E-state index is 0.0657. The molecule has 0 amide bonds. The van der Waals surface area contributed by atoms with Crippen LogP contribution in [0.25, 0.3) is 0 Å². The van der Waals surface area contributed by atoms with Crippen LogP contribution in [0.15, 0.2) is 53.3 Å². The lowest BCUT2D eigenvalue weighted by atomic mass is 9.93. The number of Topliss-reactive ketones (excluding diaryl/α,β-unsaturated/α-hetero) is 1. The van der Waals surface area contributed by atoms with Crippen LogP contribution in [0.2, 0.25) is 0 Å². The van der Waals surface area contributed by atoms with Crippen LogP contribution in [-0.2, 0) is 9.53 Å². The maximum Gasteiger partial charge on any atom is 0.313 e. The molecule has 0 radical (unpaired) electrons. The van der Waals surface area contributed by atoms with E-state index in [0.717, 1.165) is 0 Å². The normalized spacial score (nSPS) is 11.8. The molecule has 0 unspecified atom stereocenters. The molecule has 0 aliphatic heterocycles. The topological polar surface area (TPSA) is 56.5 Å². The first-order chi connectivity index (χ1) is 9.22. The van der Waals surface area contributed by atoms with E-state index in [2.05, 4.69) is 0 Å². The first kappa shape index (κ1) is 13.1. The summed E-state index contributed by atoms with van der Waals surface area (Å²) in [5.41, 5.74) is 1.23. The Bertz CT molecular complexity index is 543. The SMILES string of the molecule is COC(=O)[C@H](CC(=O)c1ccccc1)c1ccoc1. The van der Waals surface area contributed by atoms with Crippen LogP contribution in [0.5, 0.6) is 0 Å². The predicted molar refractivity (Wildman–Crippen MR) is 68.9 cm³/mol. The Labute approximate surface area is 111 Å². The lowest BCUT2D eigenvalue weighted by Crippen LogP contribution is -2.17. The van der Waals surface area contributed by atoms with E-state index < -0.39 is 11.9 Å². The van der Waals surface area contributed by atoms with Gasteiger partial charge >= 0.3 is 5.97 Å². The molecule has 0 saturated carbocycles. The molecule has 0 spiro atoms. The predicted octanol–water partition coefficient (Wildman–Crippen LogP) is 2.81. The summed E-state index contributed by atoms with van der Waals surface area (Å²) in [4.78, 5) is 23.9. The highest BCUT2D eigenvalue weighted by molar-refractivity contribution is 5.99. The van der Waals surface area contributed by atoms with E-state index >= 15 is 0 Å². The van der Waals surface area contributed by atoms with Crippen molar-refractivity contribution in [2.75, 3.05) is 7.11 Å². The Hall–Kier alpha value is -2.36. The van der Waals surface area contributed by atoms with Crippen molar-refractivity contribution in [2.24, 2.45) is 0 Å². The number of furan rings is 1. The molecule has 4 heteroatoms. The Balaban J connectivity index is 2.18. The molecular formula is C15H14O4. The largest absolute Gasteiger partial charge is 0.472 e. The van der Waals surface area contributed by atoms with Crippen LogP contribution in [-0.4, -0.2) is 18.9 Å². The molecule has 0 N–H and O–H groups in total. The maximum absolute atomic E-state index is 12.1. The Kier molecular flexibility index (Phi) is 4.13. The lowest BCUT2D eigenvalue weighted by Gasteiger charge is -2.12. The molecule has 0 aliphatic rings. The average molecular weight is 258 g/mol. The van der Waals surface area contributed by atoms with Crippen molar-refractivity contribution in [2.45, 2.75) is 12.3 Å². The van der Waals surface area contributed by atoms with E-state index in [4.69, 9.17) is 9.15 Å². The number of hydrogen-bond donors (Lipinski definition) is 0. The third kappa shape index (κ3) is 3.10. The number of carbonyl (C=O) groups excluding carboxylic acids is 2. The molecule has 0 bridgehead atoms. The molecule has 1 aromatic heterocycles. The number of carbonyl (C=O) groups is 2. The van der Waals surface area contributed by atoms with Crippen molar-refractivity contribution in [3.05, 3.63) is 60.1 Å². The Morgan fingerprint density at radius 1 is 1.21 bits per heavy atom. The summed E-state index contributed by atoms with van der Waals surface area (Å²) in [5, 5.41) is 0. The highest BCUT2D eigenvalue weighted by Crippen LogP contribution is 2.23. The second-order valence-corrected chi connectivity index (χ2v) is 4.13. The van der Waals surface area contributed by atoms with E-state index in [0.29, 0.717) is 11.1 Å². The maximum atomic E-state index is 12.1. The molecule has 4 nitrogen and oxygen atoms in total. The summed E-state index contributed by atoms with van der Waals surface area (Å²) >= 11 is 0. The van der Waals surface area contributed by atoms with E-state index in [1.165, 1.54) is 19.6 Å². The van der Waals surface area contributed by atoms with Crippen LogP contribution < -0.4 is 0 Å². The van der Waals surface area contributed by atoms with Crippen molar-refractivity contribution in [3.63, 3.8) is 0 Å². The van der Waals surface area contributed by atoms with Gasteiger partial charge in [-0.3, -0.25) is 9.59 Å². The van der Waals surface area contributed by atoms with Gasteiger partial charge in [0, 0.05) is 17.5 Å². The minimum atomic E-state index is -0.628. The molecule has 0 fully saturated rings. The smallest absolute Gasteiger partial charge is 0.313 e. The number of esters is 1. The molecular weight excluding hydrogens is 244 g/mol. The lowest BCUT2D eigenvalue weighted by molar-refractivity contribution is -0.142. The van der Waals surface area contributed by atoms with Gasteiger partial charge in [-0.25, -0.2) is 0 Å². The molecule has 2 aromatic rings. The zero-order valence-corrected chi connectivity index (χ0v) is 10.5. The van der Waals surface area contributed by atoms with Crippen LogP contribution >= 0.6 is 0 Å². The number of rotatable bonds is 5. The molecule has 98 valence electrons. The van der Waals surface area contributed by atoms with Crippen molar-refractivity contribution in [3.8, 4) is 0 Å². The van der Waals surface area contributed by atoms with E-state index in [-0.39, 0.29) is 12.2 Å².